The van der Waals surface area contributed by atoms with Gasteiger partial charge in [-0.15, -0.1) is 5.10 Å². The molecule has 0 unspecified atom stereocenters. The number of pyridine rings is 1. The van der Waals surface area contributed by atoms with Crippen molar-refractivity contribution in [2.75, 3.05) is 18.1 Å². The van der Waals surface area contributed by atoms with E-state index >= 15 is 0 Å². The molecule has 3 aliphatic heterocycles. The number of nitrogens with zero attached hydrogens (tertiary/aromatic N) is 6. The summed E-state index contributed by atoms with van der Waals surface area (Å²) in [5.41, 5.74) is 4.22. The molecule has 2 atom stereocenters. The molecule has 2 aromatic heterocycles. The number of benzene rings is 2. The van der Waals surface area contributed by atoms with Crippen LogP contribution in [-0.4, -0.2) is 43.9 Å². The first-order chi connectivity index (χ1) is 18.2. The third-order valence-electron chi connectivity index (χ3n) is 7.90. The van der Waals surface area contributed by atoms with Gasteiger partial charge in [0.25, 0.3) is 0 Å². The highest BCUT2D eigenvalue weighted by molar-refractivity contribution is 6.09. The summed E-state index contributed by atoms with van der Waals surface area (Å²) in [6.45, 7) is 3.15. The van der Waals surface area contributed by atoms with Crippen LogP contribution in [0.15, 0.2) is 79.1 Å². The number of carbonyl (C=O) groups excluding carboxylic acids is 1. The number of amides is 1. The Morgan fingerprint density at radius 3 is 2.86 bits per heavy atom. The van der Waals surface area contributed by atoms with Gasteiger partial charge in [0.2, 0.25) is 5.91 Å². The zero-order valence-electron chi connectivity index (χ0n) is 20.5. The van der Waals surface area contributed by atoms with Crippen LogP contribution in [0.2, 0.25) is 0 Å². The number of anilines is 1. The van der Waals surface area contributed by atoms with E-state index in [2.05, 4.69) is 50.5 Å². The molecular weight excluding hydrogens is 464 g/mol. The van der Waals surface area contributed by atoms with Crippen molar-refractivity contribution >= 4 is 11.6 Å². The molecule has 4 aromatic rings. The largest absolute Gasteiger partial charge is 0.494 e. The maximum Gasteiger partial charge on any atom is 0.240 e. The first-order valence-corrected chi connectivity index (χ1v) is 12.9. The molecule has 1 amide bonds. The van der Waals surface area contributed by atoms with Gasteiger partial charge in [0, 0.05) is 37.9 Å². The second kappa shape index (κ2) is 8.81. The molecule has 0 aliphatic carbocycles. The molecule has 2 aromatic carbocycles. The van der Waals surface area contributed by atoms with Gasteiger partial charge in [-0.1, -0.05) is 41.6 Å². The highest BCUT2D eigenvalue weighted by Crippen LogP contribution is 2.57. The minimum Gasteiger partial charge on any atom is -0.494 e. The lowest BCUT2D eigenvalue weighted by atomic mass is 9.72. The summed E-state index contributed by atoms with van der Waals surface area (Å²) in [7, 11) is 0. The Morgan fingerprint density at radius 1 is 1.03 bits per heavy atom. The molecule has 8 heteroatoms. The molecule has 3 aliphatic rings. The average molecular weight is 493 g/mol. The molecule has 1 fully saturated rings. The van der Waals surface area contributed by atoms with E-state index in [1.807, 2.05) is 58.4 Å². The Kier molecular flexibility index (Phi) is 5.28. The normalized spacial score (nSPS) is 23.1. The molecular formula is C29H28N6O2. The van der Waals surface area contributed by atoms with Gasteiger partial charge in [0.1, 0.15) is 11.4 Å². The van der Waals surface area contributed by atoms with E-state index in [9.17, 15) is 4.79 Å². The summed E-state index contributed by atoms with van der Waals surface area (Å²) in [4.78, 5) is 23.5. The van der Waals surface area contributed by atoms with Gasteiger partial charge in [-0.2, -0.15) is 0 Å². The van der Waals surface area contributed by atoms with Gasteiger partial charge in [0.15, 0.2) is 0 Å². The van der Waals surface area contributed by atoms with E-state index in [1.165, 1.54) is 0 Å². The van der Waals surface area contributed by atoms with Crippen molar-refractivity contribution in [3.05, 3.63) is 102 Å². The Labute approximate surface area is 215 Å². The molecule has 1 spiro atoms. The van der Waals surface area contributed by atoms with Gasteiger partial charge in [-0.25, -0.2) is 0 Å². The molecule has 1 saturated heterocycles. The second-order valence-corrected chi connectivity index (χ2v) is 10.1. The quantitative estimate of drug-likeness (QED) is 0.423. The van der Waals surface area contributed by atoms with Crippen LogP contribution in [0.5, 0.6) is 5.75 Å². The number of aromatic nitrogens is 4. The van der Waals surface area contributed by atoms with Crippen LogP contribution in [0.3, 0.4) is 0 Å². The van der Waals surface area contributed by atoms with Crippen LogP contribution in [-0.2, 0) is 29.8 Å². The van der Waals surface area contributed by atoms with Crippen molar-refractivity contribution < 1.29 is 9.53 Å². The Morgan fingerprint density at radius 2 is 1.95 bits per heavy atom. The number of ether oxygens (including phenoxy) is 1. The maximum atomic E-state index is 14.6. The minimum atomic E-state index is -0.708. The van der Waals surface area contributed by atoms with Gasteiger partial charge < -0.3 is 9.64 Å². The highest BCUT2D eigenvalue weighted by Gasteiger charge is 2.60. The Balaban J connectivity index is 1.40. The van der Waals surface area contributed by atoms with Crippen LogP contribution in [0, 0.1) is 0 Å². The number of para-hydroxylation sites is 1. The van der Waals surface area contributed by atoms with Crippen molar-refractivity contribution in [3.63, 3.8) is 0 Å². The van der Waals surface area contributed by atoms with Crippen molar-refractivity contribution in [1.29, 1.82) is 0 Å². The molecule has 186 valence electrons. The fraction of sp³-hybridized carbons (Fsp3) is 0.310. The molecule has 0 saturated carbocycles. The summed E-state index contributed by atoms with van der Waals surface area (Å²) in [5.74, 6) is 0.944. The van der Waals surface area contributed by atoms with Crippen LogP contribution < -0.4 is 9.64 Å². The Bertz CT molecular complexity index is 1450. The molecule has 0 radical (unpaired) electrons. The molecule has 8 nitrogen and oxygen atoms in total. The fourth-order valence-corrected chi connectivity index (χ4v) is 6.35. The third-order valence-corrected chi connectivity index (χ3v) is 7.90. The summed E-state index contributed by atoms with van der Waals surface area (Å²) in [6, 6.07) is 22.4. The summed E-state index contributed by atoms with van der Waals surface area (Å²) in [6.07, 6.45) is 5.32. The number of rotatable bonds is 2. The number of hydrogen-bond acceptors (Lipinski definition) is 6. The van der Waals surface area contributed by atoms with Crippen LogP contribution in [0.1, 0.15) is 41.4 Å². The predicted octanol–water partition coefficient (Wildman–Crippen LogP) is 3.89. The number of aryl methyl sites for hydroxylation is 1. The average Bonchev–Trinajstić information content (AvgIpc) is 3.60. The highest BCUT2D eigenvalue weighted by atomic mass is 16.5. The zero-order valence-corrected chi connectivity index (χ0v) is 20.5. The summed E-state index contributed by atoms with van der Waals surface area (Å²) >= 11 is 0. The van der Waals surface area contributed by atoms with Gasteiger partial charge >= 0.3 is 0 Å². The lowest BCUT2D eigenvalue weighted by molar-refractivity contribution is -0.124. The SMILES string of the molecule is O=C1N2Cc3cn(nn3)CCCOc3cccc(c3)[C@@H]3N(Cc4ccccn4)CC[C@]13c1ccccc12. The van der Waals surface area contributed by atoms with E-state index in [1.54, 1.807) is 0 Å². The first kappa shape index (κ1) is 22.2. The third kappa shape index (κ3) is 3.62. The van der Waals surface area contributed by atoms with Crippen LogP contribution >= 0.6 is 0 Å². The zero-order chi connectivity index (χ0) is 24.8. The van der Waals surface area contributed by atoms with Crippen molar-refractivity contribution in [2.24, 2.45) is 0 Å². The lowest BCUT2D eigenvalue weighted by Gasteiger charge is -2.35. The molecule has 7 rings (SSSR count). The van der Waals surface area contributed by atoms with E-state index in [0.717, 1.165) is 53.3 Å². The number of likely N-dealkylation sites (tertiary alicyclic amines) is 1. The monoisotopic (exact) mass is 492 g/mol. The van der Waals surface area contributed by atoms with Crippen molar-refractivity contribution in [3.8, 4) is 5.75 Å². The number of hydrogen-bond donors (Lipinski definition) is 0. The summed E-state index contributed by atoms with van der Waals surface area (Å²) in [5, 5.41) is 8.68. The topological polar surface area (TPSA) is 76.4 Å². The maximum absolute atomic E-state index is 14.6. The first-order valence-electron chi connectivity index (χ1n) is 12.9. The molecule has 5 heterocycles. The van der Waals surface area contributed by atoms with E-state index in [4.69, 9.17) is 4.74 Å². The molecule has 6 bridgehead atoms. The predicted molar refractivity (Wildman–Crippen MR) is 138 cm³/mol. The van der Waals surface area contributed by atoms with Crippen molar-refractivity contribution in [1.82, 2.24) is 24.9 Å². The van der Waals surface area contributed by atoms with Crippen molar-refractivity contribution in [2.45, 2.75) is 43.9 Å². The minimum absolute atomic E-state index is 0.123. The van der Waals surface area contributed by atoms with Crippen LogP contribution in [0.4, 0.5) is 5.69 Å². The smallest absolute Gasteiger partial charge is 0.240 e. The second-order valence-electron chi connectivity index (χ2n) is 10.1. The van der Waals surface area contributed by atoms with E-state index in [0.29, 0.717) is 26.2 Å². The standard InChI is InChI=1S/C29H28N6O2/c36-28-29-12-15-33(18-22-8-3-4-13-30-22)27(29)21-7-5-9-24(17-21)37-16-6-14-34-19-23(31-32-34)20-35(28)26-11-2-1-10-25(26)29/h1-5,7-11,13,17,19,27H,6,12,14-16,18,20H2/t27-,29+/m0/s1. The van der Waals surface area contributed by atoms with Gasteiger partial charge in [-0.05, 0) is 47.9 Å². The Hall–Kier alpha value is -4.04. The van der Waals surface area contributed by atoms with Gasteiger partial charge in [-0.3, -0.25) is 19.4 Å². The molecule has 0 N–H and O–H groups in total. The number of fused-ring (bicyclic) bond motifs is 8. The number of carbonyl (C=O) groups is 1. The van der Waals surface area contributed by atoms with Gasteiger partial charge in [0.05, 0.1) is 36.5 Å². The fourth-order valence-electron chi connectivity index (χ4n) is 6.35. The van der Waals surface area contributed by atoms with E-state index < -0.39 is 5.41 Å². The molecule has 37 heavy (non-hydrogen) atoms. The van der Waals surface area contributed by atoms with E-state index in [-0.39, 0.29) is 11.9 Å². The lowest BCUT2D eigenvalue weighted by Crippen LogP contribution is -2.44. The van der Waals surface area contributed by atoms with Crippen LogP contribution in [0.25, 0.3) is 0 Å². The summed E-state index contributed by atoms with van der Waals surface area (Å²) < 4.78 is 8.00.